The molecule has 1 saturated heterocycles. The van der Waals surface area contributed by atoms with Gasteiger partial charge in [-0.2, -0.15) is 0 Å². The van der Waals surface area contributed by atoms with Gasteiger partial charge < -0.3 is 19.7 Å². The molecule has 1 amide bonds. The summed E-state index contributed by atoms with van der Waals surface area (Å²) in [6.07, 6.45) is 1.97. The standard InChI is InChI=1S/C18H27N3O3.ClH/c1-23-16-10-14-4-8-21(12-15(14)11-17(16)24-2)18(22)13-20-7-3-5-19-6-9-20;/h10-11,19H,3-9,12-13H2,1-2H3;1H. The molecule has 2 aliphatic rings. The van der Waals surface area contributed by atoms with Crippen LogP contribution in [0.4, 0.5) is 0 Å². The van der Waals surface area contributed by atoms with E-state index in [1.165, 1.54) is 5.56 Å². The van der Waals surface area contributed by atoms with Crippen molar-refractivity contribution in [3.8, 4) is 11.5 Å². The molecule has 1 aromatic carbocycles. The lowest BCUT2D eigenvalue weighted by Gasteiger charge is -2.31. The van der Waals surface area contributed by atoms with Gasteiger partial charge in [-0.1, -0.05) is 0 Å². The van der Waals surface area contributed by atoms with E-state index in [2.05, 4.69) is 10.2 Å². The van der Waals surface area contributed by atoms with Crippen LogP contribution in [0.5, 0.6) is 11.5 Å². The molecule has 0 aromatic heterocycles. The molecular weight excluding hydrogens is 342 g/mol. The summed E-state index contributed by atoms with van der Waals surface area (Å²) in [5.41, 5.74) is 2.40. The number of benzene rings is 1. The van der Waals surface area contributed by atoms with Crippen LogP contribution in [-0.2, 0) is 17.8 Å². The molecule has 3 rings (SSSR count). The molecule has 1 N–H and O–H groups in total. The SMILES string of the molecule is COc1cc2c(cc1OC)CN(C(=O)CN1CCCNCC1)CC2.Cl. The molecule has 25 heavy (non-hydrogen) atoms. The third kappa shape index (κ3) is 4.77. The van der Waals surface area contributed by atoms with Crippen molar-refractivity contribution in [2.45, 2.75) is 19.4 Å². The van der Waals surface area contributed by atoms with Gasteiger partial charge in [-0.15, -0.1) is 12.4 Å². The van der Waals surface area contributed by atoms with Crippen molar-refractivity contribution < 1.29 is 14.3 Å². The first kappa shape index (κ1) is 19.8. The predicted octanol–water partition coefficient (Wildman–Crippen LogP) is 1.31. The zero-order valence-corrected chi connectivity index (χ0v) is 15.9. The van der Waals surface area contributed by atoms with Crippen molar-refractivity contribution in [3.63, 3.8) is 0 Å². The fourth-order valence-electron chi connectivity index (χ4n) is 3.45. The van der Waals surface area contributed by atoms with Gasteiger partial charge in [-0.3, -0.25) is 9.69 Å². The van der Waals surface area contributed by atoms with E-state index >= 15 is 0 Å². The normalized spacial score (nSPS) is 17.9. The number of hydrogen-bond acceptors (Lipinski definition) is 5. The minimum Gasteiger partial charge on any atom is -0.493 e. The van der Waals surface area contributed by atoms with Crippen LogP contribution in [0.3, 0.4) is 0 Å². The first-order chi connectivity index (χ1) is 11.7. The van der Waals surface area contributed by atoms with Crippen LogP contribution in [0.15, 0.2) is 12.1 Å². The highest BCUT2D eigenvalue weighted by Gasteiger charge is 2.24. The Kier molecular flexibility index (Phi) is 7.35. The lowest BCUT2D eigenvalue weighted by atomic mass is 9.98. The number of nitrogens with one attached hydrogen (secondary N) is 1. The van der Waals surface area contributed by atoms with Gasteiger partial charge in [0.05, 0.1) is 20.8 Å². The van der Waals surface area contributed by atoms with Crippen LogP contribution in [0.1, 0.15) is 17.5 Å². The Morgan fingerprint density at radius 2 is 1.80 bits per heavy atom. The van der Waals surface area contributed by atoms with Crippen LogP contribution in [0, 0.1) is 0 Å². The molecular formula is C18H28ClN3O3. The maximum Gasteiger partial charge on any atom is 0.237 e. The summed E-state index contributed by atoms with van der Waals surface area (Å²) < 4.78 is 10.8. The maximum atomic E-state index is 12.7. The molecule has 0 saturated carbocycles. The average molecular weight is 370 g/mol. The Bertz CT molecular complexity index is 589. The molecule has 2 aliphatic heterocycles. The summed E-state index contributed by atoms with van der Waals surface area (Å²) in [5, 5.41) is 3.37. The molecule has 6 nitrogen and oxygen atoms in total. The van der Waals surface area contributed by atoms with Crippen LogP contribution < -0.4 is 14.8 Å². The fraction of sp³-hybridized carbons (Fsp3) is 0.611. The summed E-state index contributed by atoms with van der Waals surface area (Å²) in [4.78, 5) is 16.9. The van der Waals surface area contributed by atoms with Gasteiger partial charge in [0.2, 0.25) is 5.91 Å². The van der Waals surface area contributed by atoms with E-state index in [1.807, 2.05) is 17.0 Å². The number of nitrogens with zero attached hydrogens (tertiary/aromatic N) is 2. The highest BCUT2D eigenvalue weighted by molar-refractivity contribution is 5.85. The zero-order valence-electron chi connectivity index (χ0n) is 15.0. The van der Waals surface area contributed by atoms with Crippen molar-refractivity contribution in [2.75, 3.05) is 53.5 Å². The Morgan fingerprint density at radius 3 is 2.52 bits per heavy atom. The molecule has 7 heteroatoms. The number of carbonyl (C=O) groups is 1. The van der Waals surface area contributed by atoms with Gasteiger partial charge in [0.25, 0.3) is 0 Å². The van der Waals surface area contributed by atoms with E-state index in [4.69, 9.17) is 9.47 Å². The first-order valence-corrected chi connectivity index (χ1v) is 8.66. The number of carbonyl (C=O) groups excluding carboxylic acids is 1. The Labute approximate surface area is 155 Å². The molecule has 0 radical (unpaired) electrons. The number of fused-ring (bicyclic) bond motifs is 1. The van der Waals surface area contributed by atoms with E-state index in [0.717, 1.165) is 62.6 Å². The summed E-state index contributed by atoms with van der Waals surface area (Å²) in [6, 6.07) is 4.04. The molecule has 0 atom stereocenters. The molecule has 1 fully saturated rings. The number of halogens is 1. The highest BCUT2D eigenvalue weighted by atomic mass is 35.5. The average Bonchev–Trinajstić information content (AvgIpc) is 2.88. The smallest absolute Gasteiger partial charge is 0.237 e. The van der Waals surface area contributed by atoms with Crippen molar-refractivity contribution >= 4 is 18.3 Å². The predicted molar refractivity (Wildman–Crippen MR) is 99.8 cm³/mol. The topological polar surface area (TPSA) is 54.0 Å². The molecule has 1 aromatic rings. The van der Waals surface area contributed by atoms with Crippen LogP contribution in [-0.4, -0.2) is 69.2 Å². The molecule has 0 bridgehead atoms. The second-order valence-electron chi connectivity index (χ2n) is 6.42. The van der Waals surface area contributed by atoms with Crippen molar-refractivity contribution in [3.05, 3.63) is 23.3 Å². The molecule has 0 unspecified atom stereocenters. The van der Waals surface area contributed by atoms with E-state index in [1.54, 1.807) is 14.2 Å². The van der Waals surface area contributed by atoms with E-state index in [9.17, 15) is 4.79 Å². The summed E-state index contributed by atoms with van der Waals surface area (Å²) >= 11 is 0. The van der Waals surface area contributed by atoms with Crippen LogP contribution >= 0.6 is 12.4 Å². The number of rotatable bonds is 4. The van der Waals surface area contributed by atoms with Gasteiger partial charge >= 0.3 is 0 Å². The minimum absolute atomic E-state index is 0. The second-order valence-corrected chi connectivity index (χ2v) is 6.42. The zero-order chi connectivity index (χ0) is 16.9. The van der Waals surface area contributed by atoms with Gasteiger partial charge in [0, 0.05) is 26.2 Å². The van der Waals surface area contributed by atoms with Crippen LogP contribution in [0.25, 0.3) is 0 Å². The monoisotopic (exact) mass is 369 g/mol. The Balaban J connectivity index is 0.00000225. The number of amides is 1. The summed E-state index contributed by atoms with van der Waals surface area (Å²) in [5.74, 6) is 1.70. The quantitative estimate of drug-likeness (QED) is 0.867. The Hall–Kier alpha value is -1.50. The summed E-state index contributed by atoms with van der Waals surface area (Å²) in [6.45, 7) is 5.89. The fourth-order valence-corrected chi connectivity index (χ4v) is 3.45. The Morgan fingerprint density at radius 1 is 1.08 bits per heavy atom. The number of hydrogen-bond donors (Lipinski definition) is 1. The maximum absolute atomic E-state index is 12.7. The molecule has 0 aliphatic carbocycles. The number of ether oxygens (including phenoxy) is 2. The third-order valence-corrected chi connectivity index (χ3v) is 4.86. The molecule has 140 valence electrons. The second kappa shape index (κ2) is 9.27. The van der Waals surface area contributed by atoms with Crippen molar-refractivity contribution in [2.24, 2.45) is 0 Å². The lowest BCUT2D eigenvalue weighted by molar-refractivity contribution is -0.133. The van der Waals surface area contributed by atoms with Gasteiger partial charge in [0.1, 0.15) is 0 Å². The number of methoxy groups -OCH3 is 2. The largest absolute Gasteiger partial charge is 0.493 e. The van der Waals surface area contributed by atoms with Crippen molar-refractivity contribution in [1.29, 1.82) is 0 Å². The van der Waals surface area contributed by atoms with Crippen LogP contribution in [0.2, 0.25) is 0 Å². The van der Waals surface area contributed by atoms with E-state index < -0.39 is 0 Å². The van der Waals surface area contributed by atoms with E-state index in [0.29, 0.717) is 13.1 Å². The third-order valence-electron chi connectivity index (χ3n) is 4.86. The van der Waals surface area contributed by atoms with Gasteiger partial charge in [-0.25, -0.2) is 0 Å². The van der Waals surface area contributed by atoms with E-state index in [-0.39, 0.29) is 18.3 Å². The highest BCUT2D eigenvalue weighted by Crippen LogP contribution is 2.33. The van der Waals surface area contributed by atoms with Gasteiger partial charge in [0.15, 0.2) is 11.5 Å². The first-order valence-electron chi connectivity index (χ1n) is 8.66. The lowest BCUT2D eigenvalue weighted by Crippen LogP contribution is -2.43. The molecule has 0 spiro atoms. The van der Waals surface area contributed by atoms with Crippen molar-refractivity contribution in [1.82, 2.24) is 15.1 Å². The molecule has 2 heterocycles. The van der Waals surface area contributed by atoms with Gasteiger partial charge in [-0.05, 0) is 49.2 Å². The minimum atomic E-state index is 0. The summed E-state index contributed by atoms with van der Waals surface area (Å²) in [7, 11) is 3.29.